The molecule has 3 N–H and O–H groups in total. The maximum absolute atomic E-state index is 12.1. The molecule has 0 aliphatic rings. The third kappa shape index (κ3) is 2.88. The number of hydrazine groups is 1. The number of rotatable bonds is 4. The fraction of sp³-hybridized carbons (Fsp3) is 0.417. The number of hydrogen-bond acceptors (Lipinski definition) is 4. The third-order valence-electron chi connectivity index (χ3n) is 2.85. The zero-order valence-electron chi connectivity index (χ0n) is 10.7. The first kappa shape index (κ1) is 14.7. The molecule has 0 heterocycles. The molecule has 5 nitrogen and oxygen atoms in total. The van der Waals surface area contributed by atoms with Gasteiger partial charge in [-0.05, 0) is 30.5 Å². The van der Waals surface area contributed by atoms with Crippen molar-refractivity contribution >= 4 is 15.7 Å². The number of carbonyl (C=O) groups is 1. The Balaban J connectivity index is 3.10. The second-order valence-corrected chi connectivity index (χ2v) is 6.69. The molecular weight excluding hydrogens is 252 g/mol. The highest BCUT2D eigenvalue weighted by Crippen LogP contribution is 2.20. The summed E-state index contributed by atoms with van der Waals surface area (Å²) < 4.78 is 24.2. The number of nitrogens with two attached hydrogens (primary N) is 1. The van der Waals surface area contributed by atoms with Gasteiger partial charge in [0.05, 0.1) is 4.90 Å². The summed E-state index contributed by atoms with van der Waals surface area (Å²) in [5.41, 5.74) is 2.90. The highest BCUT2D eigenvalue weighted by Gasteiger charge is 2.29. The quantitative estimate of drug-likeness (QED) is 0.484. The molecule has 1 unspecified atom stereocenters. The van der Waals surface area contributed by atoms with E-state index in [2.05, 4.69) is 0 Å². The van der Waals surface area contributed by atoms with Crippen molar-refractivity contribution < 1.29 is 13.2 Å². The molecule has 0 saturated heterocycles. The highest BCUT2D eigenvalue weighted by atomic mass is 32.2. The van der Waals surface area contributed by atoms with E-state index in [1.807, 2.05) is 19.3 Å². The first-order valence-electron chi connectivity index (χ1n) is 5.65. The smallest absolute Gasteiger partial charge is 0.252 e. The molecule has 0 saturated carbocycles. The number of hydrogen-bond donors (Lipinski definition) is 2. The molecule has 0 aliphatic heterocycles. The van der Waals surface area contributed by atoms with Crippen LogP contribution in [-0.4, -0.2) is 19.6 Å². The zero-order valence-corrected chi connectivity index (χ0v) is 11.5. The molecule has 1 rings (SSSR count). The fourth-order valence-electron chi connectivity index (χ4n) is 1.50. The summed E-state index contributed by atoms with van der Waals surface area (Å²) in [4.78, 5) is 11.4. The average molecular weight is 270 g/mol. The van der Waals surface area contributed by atoms with Crippen LogP contribution in [0.5, 0.6) is 0 Å². The molecule has 100 valence electrons. The van der Waals surface area contributed by atoms with Crippen LogP contribution >= 0.6 is 0 Å². The summed E-state index contributed by atoms with van der Waals surface area (Å²) in [6.07, 6.45) is 0. The van der Waals surface area contributed by atoms with Crippen LogP contribution in [0.2, 0.25) is 0 Å². The molecule has 1 atom stereocenters. The summed E-state index contributed by atoms with van der Waals surface area (Å²) in [5, 5.41) is -1.20. The first-order valence-corrected chi connectivity index (χ1v) is 7.19. The van der Waals surface area contributed by atoms with Crippen LogP contribution in [0.25, 0.3) is 0 Å². The Morgan fingerprint density at radius 2 is 1.67 bits per heavy atom. The summed E-state index contributed by atoms with van der Waals surface area (Å²) in [6, 6.07) is 6.55. The van der Waals surface area contributed by atoms with Crippen molar-refractivity contribution in [3.8, 4) is 0 Å². The lowest BCUT2D eigenvalue weighted by molar-refractivity contribution is -0.120. The second kappa shape index (κ2) is 5.49. The van der Waals surface area contributed by atoms with Gasteiger partial charge in [0.1, 0.15) is 5.25 Å². The van der Waals surface area contributed by atoms with Crippen LogP contribution in [0, 0.1) is 0 Å². The van der Waals surface area contributed by atoms with E-state index in [0.717, 1.165) is 5.56 Å². The molecule has 6 heteroatoms. The molecule has 1 aromatic carbocycles. The molecular formula is C12H18N2O3S. The Kier molecular flexibility index (Phi) is 4.48. The van der Waals surface area contributed by atoms with Crippen molar-refractivity contribution in [1.29, 1.82) is 0 Å². The second-order valence-electron chi connectivity index (χ2n) is 4.42. The summed E-state index contributed by atoms with van der Waals surface area (Å²) in [5.74, 6) is 4.55. The Hall–Kier alpha value is -1.40. The Morgan fingerprint density at radius 1 is 1.17 bits per heavy atom. The number of sulfone groups is 1. The largest absolute Gasteiger partial charge is 0.293 e. The van der Waals surface area contributed by atoms with Crippen LogP contribution in [0.15, 0.2) is 29.2 Å². The maximum atomic E-state index is 12.1. The van der Waals surface area contributed by atoms with Crippen molar-refractivity contribution in [2.75, 3.05) is 0 Å². The molecule has 1 aromatic rings. The van der Waals surface area contributed by atoms with Crippen molar-refractivity contribution in [2.24, 2.45) is 5.84 Å². The van der Waals surface area contributed by atoms with Crippen LogP contribution in [0.4, 0.5) is 0 Å². The Labute approximate surface area is 107 Å². The van der Waals surface area contributed by atoms with E-state index in [0.29, 0.717) is 5.92 Å². The van der Waals surface area contributed by atoms with E-state index in [-0.39, 0.29) is 4.90 Å². The van der Waals surface area contributed by atoms with Crippen LogP contribution in [0.3, 0.4) is 0 Å². The number of carbonyl (C=O) groups excluding carboxylic acids is 1. The maximum Gasteiger partial charge on any atom is 0.252 e. The Bertz CT molecular complexity index is 521. The van der Waals surface area contributed by atoms with E-state index in [1.165, 1.54) is 19.1 Å². The van der Waals surface area contributed by atoms with Gasteiger partial charge in [-0.1, -0.05) is 26.0 Å². The van der Waals surface area contributed by atoms with Crippen molar-refractivity contribution in [3.63, 3.8) is 0 Å². The summed E-state index contributed by atoms with van der Waals surface area (Å²) in [7, 11) is -3.68. The van der Waals surface area contributed by atoms with Crippen molar-refractivity contribution in [3.05, 3.63) is 29.8 Å². The van der Waals surface area contributed by atoms with Gasteiger partial charge in [-0.25, -0.2) is 14.3 Å². The predicted octanol–water partition coefficient (Wildman–Crippen LogP) is 0.962. The van der Waals surface area contributed by atoms with Crippen LogP contribution in [0.1, 0.15) is 32.3 Å². The Morgan fingerprint density at radius 3 is 2.06 bits per heavy atom. The fourth-order valence-corrected chi connectivity index (χ4v) is 2.78. The lowest BCUT2D eigenvalue weighted by Gasteiger charge is -2.12. The van der Waals surface area contributed by atoms with Gasteiger partial charge in [0.2, 0.25) is 0 Å². The third-order valence-corrected chi connectivity index (χ3v) is 4.93. The standard InChI is InChI=1S/C12H18N2O3S/c1-8(2)10-4-6-11(7-5-10)18(16,17)9(3)12(15)14-13/h4-9H,13H2,1-3H3,(H,14,15). The number of benzene rings is 1. The highest BCUT2D eigenvalue weighted by molar-refractivity contribution is 7.92. The van der Waals surface area contributed by atoms with E-state index in [1.54, 1.807) is 12.1 Å². The van der Waals surface area contributed by atoms with Gasteiger partial charge in [0.25, 0.3) is 5.91 Å². The van der Waals surface area contributed by atoms with Crippen molar-refractivity contribution in [2.45, 2.75) is 36.8 Å². The SMILES string of the molecule is CC(C)c1ccc(S(=O)(=O)C(C)C(=O)NN)cc1. The molecule has 0 aliphatic carbocycles. The molecule has 0 aromatic heterocycles. The summed E-state index contributed by atoms with van der Waals surface area (Å²) in [6.45, 7) is 5.36. The van der Waals surface area contributed by atoms with Crippen LogP contribution in [-0.2, 0) is 14.6 Å². The first-order chi connectivity index (χ1) is 8.30. The normalized spacial score (nSPS) is 13.4. The number of amides is 1. The van der Waals surface area contributed by atoms with E-state index >= 15 is 0 Å². The average Bonchev–Trinajstić information content (AvgIpc) is 2.36. The molecule has 0 bridgehead atoms. The van der Waals surface area contributed by atoms with E-state index in [9.17, 15) is 13.2 Å². The lowest BCUT2D eigenvalue weighted by Crippen LogP contribution is -2.41. The van der Waals surface area contributed by atoms with Gasteiger partial charge in [-0.2, -0.15) is 0 Å². The molecule has 0 fully saturated rings. The van der Waals surface area contributed by atoms with Gasteiger partial charge in [0, 0.05) is 0 Å². The van der Waals surface area contributed by atoms with Gasteiger partial charge in [0.15, 0.2) is 9.84 Å². The van der Waals surface area contributed by atoms with Crippen LogP contribution < -0.4 is 11.3 Å². The molecule has 18 heavy (non-hydrogen) atoms. The predicted molar refractivity (Wildman–Crippen MR) is 69.5 cm³/mol. The van der Waals surface area contributed by atoms with Gasteiger partial charge in [-0.15, -0.1) is 0 Å². The minimum atomic E-state index is -3.68. The molecule has 0 spiro atoms. The minimum absolute atomic E-state index is 0.128. The van der Waals surface area contributed by atoms with E-state index in [4.69, 9.17) is 5.84 Å². The number of nitrogens with one attached hydrogen (secondary N) is 1. The van der Waals surface area contributed by atoms with Gasteiger partial charge < -0.3 is 0 Å². The van der Waals surface area contributed by atoms with E-state index < -0.39 is 21.0 Å². The van der Waals surface area contributed by atoms with Gasteiger partial charge >= 0.3 is 0 Å². The van der Waals surface area contributed by atoms with Gasteiger partial charge in [-0.3, -0.25) is 10.2 Å². The topological polar surface area (TPSA) is 89.3 Å². The monoisotopic (exact) mass is 270 g/mol. The minimum Gasteiger partial charge on any atom is -0.293 e. The molecule has 0 radical (unpaired) electrons. The molecule has 1 amide bonds. The van der Waals surface area contributed by atoms with Crippen molar-refractivity contribution in [1.82, 2.24) is 5.43 Å². The lowest BCUT2D eigenvalue weighted by atomic mass is 10.0. The summed E-state index contributed by atoms with van der Waals surface area (Å²) >= 11 is 0. The zero-order chi connectivity index (χ0) is 13.9.